The van der Waals surface area contributed by atoms with Crippen LogP contribution in [0, 0.1) is 0 Å². The molecule has 0 saturated heterocycles. The molecular formula is C7H15ClN2O2. The Labute approximate surface area is 78.2 Å². The zero-order chi connectivity index (χ0) is 10.1. The Hall–Kier alpha value is -0.580. The summed E-state index contributed by atoms with van der Waals surface area (Å²) >= 11 is 4.81. The number of halogens is 1. The Morgan fingerprint density at radius 2 is 1.83 bits per heavy atom. The van der Waals surface area contributed by atoms with Gasteiger partial charge in [-0.15, -0.1) is 0 Å². The number of rotatable bonds is 2. The van der Waals surface area contributed by atoms with Gasteiger partial charge in [0.2, 0.25) is 0 Å². The van der Waals surface area contributed by atoms with Gasteiger partial charge in [0, 0.05) is 17.3 Å². The molecule has 0 amide bonds. The fourth-order valence-corrected chi connectivity index (χ4v) is 0.192. The Kier molecular flexibility index (Phi) is 9.92. The monoisotopic (exact) mass is 194 g/mol. The fourth-order valence-electron chi connectivity index (χ4n) is 0.122. The lowest BCUT2D eigenvalue weighted by Gasteiger charge is -1.94. The summed E-state index contributed by atoms with van der Waals surface area (Å²) in [7, 11) is 6.00. The number of carbonyl (C=O) groups is 1. The quantitative estimate of drug-likeness (QED) is 0.404. The minimum absolute atomic E-state index is 0.304. The van der Waals surface area contributed by atoms with Gasteiger partial charge < -0.3 is 9.74 Å². The molecule has 0 saturated carbocycles. The lowest BCUT2D eigenvalue weighted by atomic mass is 10.4. The summed E-state index contributed by atoms with van der Waals surface area (Å²) in [4.78, 5) is 18.1. The van der Waals surface area contributed by atoms with Crippen molar-refractivity contribution in [2.75, 3.05) is 21.1 Å². The summed E-state index contributed by atoms with van der Waals surface area (Å²) in [6.07, 6.45) is 0. The van der Waals surface area contributed by atoms with Gasteiger partial charge in [-0.3, -0.25) is 0 Å². The maximum Gasteiger partial charge on any atom is 0.352 e. The Morgan fingerprint density at radius 3 is 1.92 bits per heavy atom. The highest BCUT2D eigenvalue weighted by atomic mass is 35.5. The molecule has 0 spiro atoms. The van der Waals surface area contributed by atoms with Crippen molar-refractivity contribution in [3.8, 4) is 0 Å². The average Bonchev–Trinajstić information content (AvgIpc) is 1.86. The molecule has 1 N–H and O–H groups in total. The first-order valence-corrected chi connectivity index (χ1v) is 3.62. The molecule has 0 aliphatic heterocycles. The predicted molar refractivity (Wildman–Crippen MR) is 49.5 cm³/mol. The first-order chi connectivity index (χ1) is 5.41. The van der Waals surface area contributed by atoms with Crippen molar-refractivity contribution in [1.82, 2.24) is 9.90 Å². The van der Waals surface area contributed by atoms with Gasteiger partial charge in [0.05, 0.1) is 0 Å². The molecule has 0 bridgehead atoms. The van der Waals surface area contributed by atoms with E-state index in [0.717, 1.165) is 0 Å². The van der Waals surface area contributed by atoms with Gasteiger partial charge in [0.1, 0.15) is 0 Å². The molecule has 5 heteroatoms. The minimum Gasteiger partial charge on any atom is -0.351 e. The SMILES string of the molecule is C=C(C)C(=O)ONCl.CN(C)C. The van der Waals surface area contributed by atoms with Crippen LogP contribution in [-0.2, 0) is 9.63 Å². The van der Waals surface area contributed by atoms with Crippen LogP contribution < -0.4 is 5.00 Å². The highest BCUT2D eigenvalue weighted by Gasteiger charge is 1.99. The summed E-state index contributed by atoms with van der Waals surface area (Å²) in [5.41, 5.74) is 0.304. The molecule has 0 atom stereocenters. The second-order valence-corrected chi connectivity index (χ2v) is 2.74. The molecule has 4 nitrogen and oxygen atoms in total. The molecule has 12 heavy (non-hydrogen) atoms. The molecule has 0 aromatic heterocycles. The maximum atomic E-state index is 10.3. The Morgan fingerprint density at radius 1 is 1.50 bits per heavy atom. The normalized spacial score (nSPS) is 8.50. The van der Waals surface area contributed by atoms with Crippen LogP contribution in [0.4, 0.5) is 0 Å². The second kappa shape index (κ2) is 8.52. The van der Waals surface area contributed by atoms with Gasteiger partial charge in [-0.25, -0.2) is 4.79 Å². The second-order valence-electron chi connectivity index (χ2n) is 2.59. The Balaban J connectivity index is 0. The molecule has 0 aliphatic carbocycles. The van der Waals surface area contributed by atoms with Gasteiger partial charge in [-0.05, 0) is 28.1 Å². The molecule has 0 rings (SSSR count). The summed E-state index contributed by atoms with van der Waals surface area (Å²) in [6, 6.07) is 0. The van der Waals surface area contributed by atoms with Crippen molar-refractivity contribution in [3.63, 3.8) is 0 Å². The van der Waals surface area contributed by atoms with Crippen LogP contribution in [0.15, 0.2) is 12.2 Å². The topological polar surface area (TPSA) is 41.6 Å². The molecule has 0 unspecified atom stereocenters. The van der Waals surface area contributed by atoms with Crippen molar-refractivity contribution in [3.05, 3.63) is 12.2 Å². The van der Waals surface area contributed by atoms with Crippen LogP contribution in [0.1, 0.15) is 6.92 Å². The number of nitrogens with one attached hydrogen (secondary N) is 1. The largest absolute Gasteiger partial charge is 0.352 e. The van der Waals surface area contributed by atoms with Crippen molar-refractivity contribution in [2.24, 2.45) is 0 Å². The molecule has 0 aliphatic rings. The van der Waals surface area contributed by atoms with Gasteiger partial charge >= 0.3 is 5.97 Å². The molecule has 0 aromatic carbocycles. The Bertz CT molecular complexity index is 146. The van der Waals surface area contributed by atoms with Crippen molar-refractivity contribution < 1.29 is 9.63 Å². The number of nitrogens with zero attached hydrogens (tertiary/aromatic N) is 1. The van der Waals surface area contributed by atoms with Crippen molar-refractivity contribution in [1.29, 1.82) is 0 Å². The van der Waals surface area contributed by atoms with E-state index < -0.39 is 5.97 Å². The minimum atomic E-state index is -0.556. The third-order valence-electron chi connectivity index (χ3n) is 0.480. The number of hydrogen-bond donors (Lipinski definition) is 1. The van der Waals surface area contributed by atoms with E-state index >= 15 is 0 Å². The molecule has 0 heterocycles. The molecule has 72 valence electrons. The summed E-state index contributed by atoms with van der Waals surface area (Å²) < 4.78 is 0. The highest BCUT2D eigenvalue weighted by molar-refractivity contribution is 6.13. The van der Waals surface area contributed by atoms with Crippen LogP contribution in [0.5, 0.6) is 0 Å². The van der Waals surface area contributed by atoms with Gasteiger partial charge in [-0.1, -0.05) is 11.6 Å². The van der Waals surface area contributed by atoms with E-state index in [9.17, 15) is 4.79 Å². The zero-order valence-electron chi connectivity index (χ0n) is 7.85. The smallest absolute Gasteiger partial charge is 0.351 e. The van der Waals surface area contributed by atoms with E-state index in [0.29, 0.717) is 5.57 Å². The molecule has 0 aromatic rings. The molecule has 0 radical (unpaired) electrons. The van der Waals surface area contributed by atoms with Crippen LogP contribution in [0.2, 0.25) is 0 Å². The number of hydrogen-bond acceptors (Lipinski definition) is 4. The van der Waals surface area contributed by atoms with Crippen LogP contribution >= 0.6 is 11.8 Å². The van der Waals surface area contributed by atoms with Crippen LogP contribution in [0.3, 0.4) is 0 Å². The van der Waals surface area contributed by atoms with E-state index in [1.165, 1.54) is 6.92 Å². The van der Waals surface area contributed by atoms with Gasteiger partial charge in [-0.2, -0.15) is 0 Å². The van der Waals surface area contributed by atoms with Gasteiger partial charge in [0.25, 0.3) is 0 Å². The molecule has 0 fully saturated rings. The lowest BCUT2D eigenvalue weighted by Crippen LogP contribution is -2.10. The first-order valence-electron chi connectivity index (χ1n) is 3.25. The maximum absolute atomic E-state index is 10.3. The van der Waals surface area contributed by atoms with E-state index in [4.69, 9.17) is 11.8 Å². The third-order valence-corrected chi connectivity index (χ3v) is 0.557. The van der Waals surface area contributed by atoms with E-state index in [-0.39, 0.29) is 0 Å². The molecular weight excluding hydrogens is 180 g/mol. The van der Waals surface area contributed by atoms with Crippen LogP contribution in [-0.4, -0.2) is 32.0 Å². The summed E-state index contributed by atoms with van der Waals surface area (Å²) in [6.45, 7) is 4.82. The summed E-state index contributed by atoms with van der Waals surface area (Å²) in [5.74, 6) is -0.556. The van der Waals surface area contributed by atoms with Crippen LogP contribution in [0.25, 0.3) is 0 Å². The van der Waals surface area contributed by atoms with Gasteiger partial charge in [0.15, 0.2) is 0 Å². The zero-order valence-corrected chi connectivity index (χ0v) is 8.60. The fraction of sp³-hybridized carbons (Fsp3) is 0.571. The van der Waals surface area contributed by atoms with Crippen molar-refractivity contribution >= 4 is 17.7 Å². The van der Waals surface area contributed by atoms with E-state index in [1.54, 1.807) is 5.00 Å². The third kappa shape index (κ3) is 16.2. The highest BCUT2D eigenvalue weighted by Crippen LogP contribution is 1.88. The predicted octanol–water partition coefficient (Wildman–Crippen LogP) is 0.942. The summed E-state index contributed by atoms with van der Waals surface area (Å²) in [5, 5.41) is 0. The van der Waals surface area contributed by atoms with E-state index in [2.05, 4.69) is 11.4 Å². The first kappa shape index (κ1) is 14.0. The standard InChI is InChI=1S/C4H6ClNO2.C3H9N/c1-3(2)4(7)8-6-5;1-4(2)3/h6H,1H2,2H3;1-3H3. The van der Waals surface area contributed by atoms with Crippen molar-refractivity contribution in [2.45, 2.75) is 6.92 Å². The number of carbonyl (C=O) groups excluding carboxylic acids is 1. The van der Waals surface area contributed by atoms with E-state index in [1.807, 2.05) is 26.0 Å². The lowest BCUT2D eigenvalue weighted by molar-refractivity contribution is -0.142. The average molecular weight is 195 g/mol.